The Bertz CT molecular complexity index is 548. The van der Waals surface area contributed by atoms with Crippen LogP contribution in [0, 0.1) is 12.7 Å². The Morgan fingerprint density at radius 3 is 2.88 bits per heavy atom. The van der Waals surface area contributed by atoms with Gasteiger partial charge in [0.05, 0.1) is 15.4 Å². The molecular formula is C11H13BrFN3. The number of nitrogens with one attached hydrogen (secondary N) is 1. The zero-order valence-corrected chi connectivity index (χ0v) is 11.0. The van der Waals surface area contributed by atoms with Crippen molar-refractivity contribution < 1.29 is 4.39 Å². The Morgan fingerprint density at radius 2 is 2.25 bits per heavy atom. The van der Waals surface area contributed by atoms with Gasteiger partial charge >= 0.3 is 0 Å². The Labute approximate surface area is 102 Å². The van der Waals surface area contributed by atoms with Gasteiger partial charge in [0.15, 0.2) is 5.82 Å². The van der Waals surface area contributed by atoms with Gasteiger partial charge in [-0.05, 0) is 41.4 Å². The molecule has 0 amide bonds. The lowest BCUT2D eigenvalue weighted by atomic mass is 10.1. The van der Waals surface area contributed by atoms with Gasteiger partial charge in [0.25, 0.3) is 0 Å². The Morgan fingerprint density at radius 1 is 1.56 bits per heavy atom. The number of halogens is 2. The van der Waals surface area contributed by atoms with Crippen molar-refractivity contribution in [2.75, 3.05) is 11.9 Å². The maximum absolute atomic E-state index is 13.8. The molecule has 16 heavy (non-hydrogen) atoms. The van der Waals surface area contributed by atoms with Crippen molar-refractivity contribution in [1.82, 2.24) is 9.78 Å². The largest absolute Gasteiger partial charge is 0.368 e. The van der Waals surface area contributed by atoms with Gasteiger partial charge in [0.2, 0.25) is 0 Å². The van der Waals surface area contributed by atoms with E-state index in [4.69, 9.17) is 0 Å². The highest BCUT2D eigenvalue weighted by atomic mass is 79.9. The minimum atomic E-state index is -0.223. The fourth-order valence-corrected chi connectivity index (χ4v) is 2.47. The van der Waals surface area contributed by atoms with E-state index in [-0.39, 0.29) is 5.82 Å². The summed E-state index contributed by atoms with van der Waals surface area (Å²) in [6.45, 7) is 4.49. The molecule has 0 unspecified atom stereocenters. The summed E-state index contributed by atoms with van der Waals surface area (Å²) in [4.78, 5) is 0. The fraction of sp³-hybridized carbons (Fsp3) is 0.364. The smallest absolute Gasteiger partial charge is 0.157 e. The van der Waals surface area contributed by atoms with Crippen molar-refractivity contribution in [1.29, 1.82) is 0 Å². The SMILES string of the molecule is CCNc1nn(C)c2cc(C)c(F)c(Br)c12. The Kier molecular flexibility index (Phi) is 2.88. The quantitative estimate of drug-likeness (QED) is 0.918. The second-order valence-corrected chi connectivity index (χ2v) is 4.51. The third-order valence-corrected chi connectivity index (χ3v) is 3.29. The van der Waals surface area contributed by atoms with Crippen molar-refractivity contribution in [3.63, 3.8) is 0 Å². The van der Waals surface area contributed by atoms with E-state index < -0.39 is 0 Å². The number of aryl methyl sites for hydroxylation is 2. The van der Waals surface area contributed by atoms with Gasteiger partial charge in [0.1, 0.15) is 5.82 Å². The average Bonchev–Trinajstić information content (AvgIpc) is 2.53. The maximum atomic E-state index is 13.8. The zero-order valence-electron chi connectivity index (χ0n) is 9.43. The van der Waals surface area contributed by atoms with Gasteiger partial charge in [-0.15, -0.1) is 0 Å². The van der Waals surface area contributed by atoms with Gasteiger partial charge in [-0.25, -0.2) is 4.39 Å². The predicted molar refractivity (Wildman–Crippen MR) is 67.3 cm³/mol. The summed E-state index contributed by atoms with van der Waals surface area (Å²) in [6, 6.07) is 1.81. The van der Waals surface area contributed by atoms with Gasteiger partial charge in [-0.1, -0.05) is 0 Å². The van der Waals surface area contributed by atoms with Gasteiger partial charge in [-0.3, -0.25) is 4.68 Å². The van der Waals surface area contributed by atoms with Crippen LogP contribution in [0.2, 0.25) is 0 Å². The van der Waals surface area contributed by atoms with Gasteiger partial charge < -0.3 is 5.32 Å². The second kappa shape index (κ2) is 4.05. The molecule has 0 atom stereocenters. The molecule has 1 heterocycles. The molecule has 0 aliphatic rings. The van der Waals surface area contributed by atoms with Crippen LogP contribution in [0.25, 0.3) is 10.9 Å². The van der Waals surface area contributed by atoms with Crippen LogP contribution in [0.1, 0.15) is 12.5 Å². The van der Waals surface area contributed by atoms with Crippen LogP contribution in [0.3, 0.4) is 0 Å². The number of nitrogens with zero attached hydrogens (tertiary/aromatic N) is 2. The van der Waals surface area contributed by atoms with E-state index >= 15 is 0 Å². The highest BCUT2D eigenvalue weighted by molar-refractivity contribution is 9.10. The van der Waals surface area contributed by atoms with E-state index in [9.17, 15) is 4.39 Å². The lowest BCUT2D eigenvalue weighted by Crippen LogP contribution is -1.98. The Hall–Kier alpha value is -1.10. The highest BCUT2D eigenvalue weighted by Gasteiger charge is 2.16. The molecule has 2 aromatic rings. The number of rotatable bonds is 2. The molecule has 0 aliphatic carbocycles. The molecule has 5 heteroatoms. The monoisotopic (exact) mass is 285 g/mol. The molecule has 1 aromatic carbocycles. The summed E-state index contributed by atoms with van der Waals surface area (Å²) >= 11 is 3.30. The minimum Gasteiger partial charge on any atom is -0.368 e. The molecule has 86 valence electrons. The summed E-state index contributed by atoms with van der Waals surface area (Å²) in [5.41, 5.74) is 1.53. The molecule has 0 fully saturated rings. The molecule has 3 nitrogen and oxygen atoms in total. The van der Waals surface area contributed by atoms with Crippen molar-refractivity contribution in [3.05, 3.63) is 21.9 Å². The lowest BCUT2D eigenvalue weighted by Gasteiger charge is -2.03. The number of hydrogen-bond acceptors (Lipinski definition) is 2. The molecule has 0 radical (unpaired) electrons. The molecule has 1 N–H and O–H groups in total. The lowest BCUT2D eigenvalue weighted by molar-refractivity contribution is 0.614. The second-order valence-electron chi connectivity index (χ2n) is 3.72. The van der Waals surface area contributed by atoms with Crippen LogP contribution >= 0.6 is 15.9 Å². The number of aromatic nitrogens is 2. The number of benzene rings is 1. The van der Waals surface area contributed by atoms with Crippen LogP contribution in [0.15, 0.2) is 10.5 Å². The van der Waals surface area contributed by atoms with Crippen LogP contribution < -0.4 is 5.32 Å². The van der Waals surface area contributed by atoms with Crippen LogP contribution in [-0.2, 0) is 7.05 Å². The van der Waals surface area contributed by atoms with Crippen molar-refractivity contribution in [2.24, 2.45) is 7.05 Å². The molecule has 1 aromatic heterocycles. The third-order valence-electron chi connectivity index (χ3n) is 2.55. The van der Waals surface area contributed by atoms with E-state index in [1.165, 1.54) is 0 Å². The first-order valence-electron chi connectivity index (χ1n) is 5.11. The number of fused-ring (bicyclic) bond motifs is 1. The predicted octanol–water partition coefficient (Wildman–Crippen LogP) is 3.22. The summed E-state index contributed by atoms with van der Waals surface area (Å²) in [5, 5.41) is 8.26. The van der Waals surface area contributed by atoms with Gasteiger partial charge in [0, 0.05) is 13.6 Å². The number of anilines is 1. The van der Waals surface area contributed by atoms with Crippen LogP contribution in [0.4, 0.5) is 10.2 Å². The topological polar surface area (TPSA) is 29.9 Å². The molecule has 0 saturated heterocycles. The van der Waals surface area contributed by atoms with Crippen molar-refractivity contribution >= 4 is 32.7 Å². The summed E-state index contributed by atoms with van der Waals surface area (Å²) in [5.74, 6) is 0.491. The molecule has 2 rings (SSSR count). The van der Waals surface area contributed by atoms with Crippen molar-refractivity contribution in [2.45, 2.75) is 13.8 Å². The normalized spacial score (nSPS) is 11.1. The fourth-order valence-electron chi connectivity index (χ4n) is 1.76. The summed E-state index contributed by atoms with van der Waals surface area (Å²) < 4.78 is 16.0. The van der Waals surface area contributed by atoms with E-state index in [2.05, 4.69) is 26.3 Å². The number of hydrogen-bond donors (Lipinski definition) is 1. The van der Waals surface area contributed by atoms with E-state index in [0.717, 1.165) is 17.4 Å². The maximum Gasteiger partial charge on any atom is 0.157 e. The zero-order chi connectivity index (χ0) is 11.9. The molecule has 0 spiro atoms. The first-order valence-corrected chi connectivity index (χ1v) is 5.90. The van der Waals surface area contributed by atoms with Crippen LogP contribution in [0.5, 0.6) is 0 Å². The molecule has 0 aliphatic heterocycles. The standard InChI is InChI=1S/C11H13BrFN3/c1-4-14-11-8-7(16(3)15-11)5-6(2)10(13)9(8)12/h5H,4H2,1-3H3,(H,14,15). The average molecular weight is 286 g/mol. The van der Waals surface area contributed by atoms with E-state index in [0.29, 0.717) is 15.9 Å². The summed E-state index contributed by atoms with van der Waals surface area (Å²) in [7, 11) is 1.85. The molecular weight excluding hydrogens is 273 g/mol. The molecule has 0 bridgehead atoms. The van der Waals surface area contributed by atoms with Crippen molar-refractivity contribution in [3.8, 4) is 0 Å². The van der Waals surface area contributed by atoms with Crippen LogP contribution in [-0.4, -0.2) is 16.3 Å². The summed E-state index contributed by atoms with van der Waals surface area (Å²) in [6.07, 6.45) is 0. The molecule has 0 saturated carbocycles. The Balaban J connectivity index is 2.82. The minimum absolute atomic E-state index is 0.223. The van der Waals surface area contributed by atoms with E-state index in [1.807, 2.05) is 20.0 Å². The van der Waals surface area contributed by atoms with E-state index in [1.54, 1.807) is 11.6 Å². The first kappa shape index (κ1) is 11.4. The highest BCUT2D eigenvalue weighted by Crippen LogP contribution is 2.33. The van der Waals surface area contributed by atoms with Gasteiger partial charge in [-0.2, -0.15) is 5.10 Å². The first-order chi connectivity index (χ1) is 7.56. The third kappa shape index (κ3) is 1.59.